The summed E-state index contributed by atoms with van der Waals surface area (Å²) in [6.45, 7) is 0. The molecule has 0 amide bonds. The van der Waals surface area contributed by atoms with Crippen LogP contribution in [-0.2, 0) is 0 Å². The van der Waals surface area contributed by atoms with Gasteiger partial charge in [-0.25, -0.2) is 0 Å². The lowest BCUT2D eigenvalue weighted by Crippen LogP contribution is -2.32. The molecule has 2 heterocycles. The van der Waals surface area contributed by atoms with Crippen LogP contribution in [0.25, 0.3) is 0 Å². The number of fused-ring (bicyclic) bond motifs is 3. The highest BCUT2D eigenvalue weighted by atomic mass is 32.2. The smallest absolute Gasteiger partial charge is 0.123 e. The van der Waals surface area contributed by atoms with Crippen molar-refractivity contribution in [2.75, 3.05) is 4.90 Å². The number of benzene rings is 2. The zero-order valence-electron chi connectivity index (χ0n) is 12.6. The quantitative estimate of drug-likeness (QED) is 0.861. The molecule has 2 aliphatic rings. The second-order valence-corrected chi connectivity index (χ2v) is 6.52. The van der Waals surface area contributed by atoms with Crippen LogP contribution in [0.4, 0.5) is 5.69 Å². The molecule has 0 unspecified atom stereocenters. The maximum atomic E-state index is 9.83. The molecule has 0 aromatic heterocycles. The van der Waals surface area contributed by atoms with Gasteiger partial charge in [0, 0.05) is 4.90 Å². The molecule has 4 nitrogen and oxygen atoms in total. The van der Waals surface area contributed by atoms with Crippen molar-refractivity contribution in [1.29, 1.82) is 10.5 Å². The monoisotopic (exact) mass is 328 g/mol. The first-order valence-electron chi connectivity index (χ1n) is 7.42. The van der Waals surface area contributed by atoms with Crippen LogP contribution in [0.15, 0.2) is 81.5 Å². The van der Waals surface area contributed by atoms with E-state index in [1.54, 1.807) is 0 Å². The number of thioether (sulfide) groups is 1. The van der Waals surface area contributed by atoms with E-state index < -0.39 is 5.92 Å². The SMILES string of the molecule is N#CC1=C(N)N2C(=C(C#N)[C@H]1c1ccccc1)Sc1ccccc12. The summed E-state index contributed by atoms with van der Waals surface area (Å²) < 4.78 is 0. The number of nitrogens with two attached hydrogens (primary N) is 1. The summed E-state index contributed by atoms with van der Waals surface area (Å²) in [5.41, 5.74) is 9.16. The zero-order valence-corrected chi connectivity index (χ0v) is 13.4. The average molecular weight is 328 g/mol. The van der Waals surface area contributed by atoms with Crippen LogP contribution in [0.3, 0.4) is 0 Å². The minimum Gasteiger partial charge on any atom is -0.384 e. The molecule has 0 fully saturated rings. The van der Waals surface area contributed by atoms with Gasteiger partial charge in [-0.3, -0.25) is 4.90 Å². The second-order valence-electron chi connectivity index (χ2n) is 5.49. The Morgan fingerprint density at radius 2 is 1.58 bits per heavy atom. The number of hydrogen-bond donors (Lipinski definition) is 1. The molecule has 2 N–H and O–H groups in total. The van der Waals surface area contributed by atoms with Crippen LogP contribution >= 0.6 is 11.8 Å². The van der Waals surface area contributed by atoms with Gasteiger partial charge in [0.2, 0.25) is 0 Å². The molecule has 0 spiro atoms. The number of rotatable bonds is 1. The van der Waals surface area contributed by atoms with Crippen LogP contribution in [0, 0.1) is 22.7 Å². The molecule has 2 aromatic carbocycles. The minimum atomic E-state index is -0.422. The Bertz CT molecular complexity index is 976. The first-order chi connectivity index (χ1) is 11.8. The number of nitriles is 2. The number of hydrogen-bond acceptors (Lipinski definition) is 5. The molecule has 4 rings (SSSR count). The van der Waals surface area contributed by atoms with Gasteiger partial charge in [0.25, 0.3) is 0 Å². The summed E-state index contributed by atoms with van der Waals surface area (Å²) in [5, 5.41) is 20.3. The number of para-hydroxylation sites is 1. The molecular formula is C19H12N4S. The fourth-order valence-electron chi connectivity index (χ4n) is 3.15. The van der Waals surface area contributed by atoms with E-state index in [4.69, 9.17) is 5.73 Å². The molecule has 5 heteroatoms. The van der Waals surface area contributed by atoms with E-state index in [1.807, 2.05) is 59.5 Å². The fraction of sp³-hybridized carbons (Fsp3) is 0.0526. The Morgan fingerprint density at radius 1 is 0.917 bits per heavy atom. The summed E-state index contributed by atoms with van der Waals surface area (Å²) >= 11 is 1.53. The Hall–Kier alpha value is -3.15. The van der Waals surface area contributed by atoms with E-state index >= 15 is 0 Å². The molecule has 0 bridgehead atoms. The first kappa shape index (κ1) is 14.4. The van der Waals surface area contributed by atoms with E-state index in [-0.39, 0.29) is 0 Å². The minimum absolute atomic E-state index is 0.401. The van der Waals surface area contributed by atoms with E-state index in [2.05, 4.69) is 12.1 Å². The van der Waals surface area contributed by atoms with Crippen molar-refractivity contribution in [3.8, 4) is 12.1 Å². The normalized spacial score (nSPS) is 18.8. The van der Waals surface area contributed by atoms with Crippen LogP contribution in [-0.4, -0.2) is 0 Å². The molecule has 0 saturated heterocycles. The molecule has 24 heavy (non-hydrogen) atoms. The third-order valence-electron chi connectivity index (χ3n) is 4.21. The number of allylic oxidation sites excluding steroid dienone is 2. The highest BCUT2D eigenvalue weighted by Gasteiger charge is 2.40. The van der Waals surface area contributed by atoms with E-state index in [0.29, 0.717) is 17.0 Å². The molecular weight excluding hydrogens is 316 g/mol. The Labute approximate surface area is 144 Å². The maximum Gasteiger partial charge on any atom is 0.123 e. The average Bonchev–Trinajstić information content (AvgIpc) is 3.02. The van der Waals surface area contributed by atoms with Gasteiger partial charge in [0.1, 0.15) is 10.9 Å². The van der Waals surface area contributed by atoms with Gasteiger partial charge in [-0.15, -0.1) is 0 Å². The molecule has 2 aliphatic heterocycles. The summed E-state index contributed by atoms with van der Waals surface area (Å²) in [6, 6.07) is 22.0. The van der Waals surface area contributed by atoms with Gasteiger partial charge in [-0.1, -0.05) is 54.2 Å². The second kappa shape index (κ2) is 5.49. The number of anilines is 1. The van der Waals surface area contributed by atoms with E-state index in [9.17, 15) is 10.5 Å². The van der Waals surface area contributed by atoms with Gasteiger partial charge >= 0.3 is 0 Å². The lowest BCUT2D eigenvalue weighted by molar-refractivity contribution is 0.884. The summed E-state index contributed by atoms with van der Waals surface area (Å²) in [6.07, 6.45) is 0. The van der Waals surface area contributed by atoms with Crippen LogP contribution in [0.5, 0.6) is 0 Å². The van der Waals surface area contributed by atoms with Crippen molar-refractivity contribution in [3.63, 3.8) is 0 Å². The van der Waals surface area contributed by atoms with Crippen molar-refractivity contribution in [2.45, 2.75) is 10.8 Å². The largest absolute Gasteiger partial charge is 0.384 e. The van der Waals surface area contributed by atoms with E-state index in [0.717, 1.165) is 21.2 Å². The molecule has 0 saturated carbocycles. The van der Waals surface area contributed by atoms with Gasteiger partial charge in [-0.05, 0) is 17.7 Å². The van der Waals surface area contributed by atoms with Crippen LogP contribution in [0.1, 0.15) is 11.5 Å². The van der Waals surface area contributed by atoms with Gasteiger partial charge in [0.05, 0.1) is 34.9 Å². The standard InChI is InChI=1S/C19H12N4S/c20-10-13-17(12-6-2-1-3-7-12)14(11-21)19-23(18(13)22)15-8-4-5-9-16(15)24-19/h1-9,17H,22H2/t17-/m0/s1. The van der Waals surface area contributed by atoms with Crippen molar-refractivity contribution in [1.82, 2.24) is 0 Å². The van der Waals surface area contributed by atoms with Gasteiger partial charge in [-0.2, -0.15) is 10.5 Å². The van der Waals surface area contributed by atoms with Crippen molar-refractivity contribution in [3.05, 3.63) is 82.2 Å². The molecule has 114 valence electrons. The lowest BCUT2D eigenvalue weighted by Gasteiger charge is -2.31. The lowest BCUT2D eigenvalue weighted by atomic mass is 9.83. The van der Waals surface area contributed by atoms with Crippen molar-refractivity contribution in [2.24, 2.45) is 5.73 Å². The highest BCUT2D eigenvalue weighted by Crippen LogP contribution is 2.54. The molecule has 0 radical (unpaired) electrons. The zero-order chi connectivity index (χ0) is 16.7. The fourth-order valence-corrected chi connectivity index (χ4v) is 4.33. The summed E-state index contributed by atoms with van der Waals surface area (Å²) in [5.74, 6) is -0.0212. The predicted octanol–water partition coefficient (Wildman–Crippen LogP) is 3.83. The molecule has 1 atom stereocenters. The first-order valence-corrected chi connectivity index (χ1v) is 8.24. The Morgan fingerprint density at radius 3 is 2.29 bits per heavy atom. The Kier molecular flexibility index (Phi) is 3.30. The van der Waals surface area contributed by atoms with Gasteiger partial charge in [0.15, 0.2) is 0 Å². The third kappa shape index (κ3) is 1.93. The molecule has 0 aliphatic carbocycles. The van der Waals surface area contributed by atoms with Crippen molar-refractivity contribution < 1.29 is 0 Å². The summed E-state index contributed by atoms with van der Waals surface area (Å²) in [4.78, 5) is 2.87. The van der Waals surface area contributed by atoms with E-state index in [1.165, 1.54) is 11.8 Å². The van der Waals surface area contributed by atoms with Crippen LogP contribution < -0.4 is 10.6 Å². The highest BCUT2D eigenvalue weighted by molar-refractivity contribution is 8.03. The van der Waals surface area contributed by atoms with Crippen molar-refractivity contribution >= 4 is 17.4 Å². The predicted molar refractivity (Wildman–Crippen MR) is 93.4 cm³/mol. The van der Waals surface area contributed by atoms with Crippen LogP contribution in [0.2, 0.25) is 0 Å². The maximum absolute atomic E-state index is 9.83. The summed E-state index contributed by atoms with van der Waals surface area (Å²) in [7, 11) is 0. The number of nitrogens with zero attached hydrogens (tertiary/aromatic N) is 3. The topological polar surface area (TPSA) is 76.8 Å². The third-order valence-corrected chi connectivity index (χ3v) is 5.38. The van der Waals surface area contributed by atoms with Gasteiger partial charge < -0.3 is 5.73 Å². The Balaban J connectivity index is 1.99. The molecule has 2 aromatic rings.